The first-order valence-corrected chi connectivity index (χ1v) is 24.7. The van der Waals surface area contributed by atoms with Crippen molar-refractivity contribution in [1.82, 2.24) is 4.57 Å². The SMILES string of the molecule is CN(c1cccc(C(N)=N/C(=C\Cc2ccccc2)c2cccc(-c3cccc(-n4c5ccccc5c5cc(C(C)(C)C)ccc54)c3)c2)c1)c1ccccc1-c1cccc(C(C)(C)C)c1.c1ccccc1. The standard InChI is InChI=1S/C61H58N4.C6H6/c1-60(2,3)48-26-16-23-45(38-48)52-29-11-13-31-56(52)64(7)50-27-18-25-47(40-50)59(62)63-55(35-33-42-19-9-8-10-20-42)46-24-15-21-43(37-46)44-22-17-28-51(39-44)65-57-32-14-12-30-53(57)54-41-49(61(4,5)6)34-36-58(54)65;1-2-4-6-5-3-1/h8-32,34-41H,33H2,1-7H3,(H2,62,63);1-6H/b55-35-;. The summed E-state index contributed by atoms with van der Waals surface area (Å²) in [7, 11) is 2.12. The van der Waals surface area contributed by atoms with E-state index in [1.165, 1.54) is 49.6 Å². The van der Waals surface area contributed by atoms with Gasteiger partial charge in [-0.25, -0.2) is 4.99 Å². The van der Waals surface area contributed by atoms with E-state index in [-0.39, 0.29) is 10.8 Å². The third kappa shape index (κ3) is 11.0. The molecular weight excluding hydrogens is 861 g/mol. The molecule has 0 spiro atoms. The van der Waals surface area contributed by atoms with Gasteiger partial charge in [-0.15, -0.1) is 0 Å². The lowest BCUT2D eigenvalue weighted by Gasteiger charge is -2.25. The van der Waals surface area contributed by atoms with Gasteiger partial charge in [-0.2, -0.15) is 0 Å². The predicted octanol–water partition coefficient (Wildman–Crippen LogP) is 17.2. The second-order valence-electron chi connectivity index (χ2n) is 20.4. The molecular formula is C67H64N4. The summed E-state index contributed by atoms with van der Waals surface area (Å²) in [5.74, 6) is 0.458. The third-order valence-corrected chi connectivity index (χ3v) is 13.3. The lowest BCUT2D eigenvalue weighted by atomic mass is 9.85. The summed E-state index contributed by atoms with van der Waals surface area (Å²) < 4.78 is 2.40. The van der Waals surface area contributed by atoms with Crippen molar-refractivity contribution in [1.29, 1.82) is 0 Å². The van der Waals surface area contributed by atoms with Crippen LogP contribution in [0.2, 0.25) is 0 Å². The second-order valence-corrected chi connectivity index (χ2v) is 20.4. The first kappa shape index (κ1) is 47.8. The quantitative estimate of drug-likeness (QED) is 0.110. The van der Waals surface area contributed by atoms with Gasteiger partial charge < -0.3 is 15.2 Å². The molecule has 0 amide bonds. The fourth-order valence-electron chi connectivity index (χ4n) is 9.21. The number of fused-ring (bicyclic) bond motifs is 3. The molecule has 10 aromatic rings. The van der Waals surface area contributed by atoms with E-state index < -0.39 is 0 Å². The number of allylic oxidation sites excluding steroid dienone is 1. The van der Waals surface area contributed by atoms with Gasteiger partial charge in [-0.05, 0) is 105 Å². The fourth-order valence-corrected chi connectivity index (χ4v) is 9.21. The maximum atomic E-state index is 7.02. The zero-order valence-electron chi connectivity index (χ0n) is 42.1. The Morgan fingerprint density at radius 3 is 1.82 bits per heavy atom. The monoisotopic (exact) mass is 925 g/mol. The minimum Gasteiger partial charge on any atom is -0.383 e. The molecule has 0 atom stereocenters. The second kappa shape index (κ2) is 20.8. The van der Waals surface area contributed by atoms with E-state index in [4.69, 9.17) is 10.7 Å². The van der Waals surface area contributed by atoms with Crippen LogP contribution in [-0.2, 0) is 17.3 Å². The van der Waals surface area contributed by atoms with Crippen LogP contribution in [0.15, 0.2) is 242 Å². The van der Waals surface area contributed by atoms with Crippen LogP contribution < -0.4 is 10.6 Å². The summed E-state index contributed by atoms with van der Waals surface area (Å²) in [6.45, 7) is 13.6. The average Bonchev–Trinajstić information content (AvgIpc) is 3.74. The van der Waals surface area contributed by atoms with Gasteiger partial charge in [0.2, 0.25) is 0 Å². The smallest absolute Gasteiger partial charge is 0.131 e. The molecule has 71 heavy (non-hydrogen) atoms. The first-order valence-electron chi connectivity index (χ1n) is 24.7. The van der Waals surface area contributed by atoms with Gasteiger partial charge >= 0.3 is 0 Å². The molecule has 352 valence electrons. The Bertz CT molecular complexity index is 3460. The Kier molecular flexibility index (Phi) is 14.0. The van der Waals surface area contributed by atoms with Crippen LogP contribution in [-0.4, -0.2) is 17.5 Å². The molecule has 0 saturated carbocycles. The number of para-hydroxylation sites is 2. The van der Waals surface area contributed by atoms with Crippen molar-refractivity contribution in [2.45, 2.75) is 58.8 Å². The minimum atomic E-state index is 0.0501. The molecule has 9 aromatic carbocycles. The van der Waals surface area contributed by atoms with Gasteiger partial charge in [0, 0.05) is 51.6 Å². The molecule has 0 aliphatic heterocycles. The summed E-state index contributed by atoms with van der Waals surface area (Å²) in [6, 6.07) is 81.6. The fraction of sp³-hybridized carbons (Fsp3) is 0.149. The van der Waals surface area contributed by atoms with Crippen molar-refractivity contribution in [2.75, 3.05) is 11.9 Å². The van der Waals surface area contributed by atoms with Crippen LogP contribution in [0.3, 0.4) is 0 Å². The van der Waals surface area contributed by atoms with E-state index >= 15 is 0 Å². The Hall–Kier alpha value is -8.21. The molecule has 0 aliphatic carbocycles. The van der Waals surface area contributed by atoms with E-state index in [9.17, 15) is 0 Å². The first-order chi connectivity index (χ1) is 34.3. The summed E-state index contributed by atoms with van der Waals surface area (Å²) in [4.78, 5) is 7.46. The Balaban J connectivity index is 0.000000968. The molecule has 1 aromatic heterocycles. The summed E-state index contributed by atoms with van der Waals surface area (Å²) >= 11 is 0. The van der Waals surface area contributed by atoms with Crippen molar-refractivity contribution < 1.29 is 0 Å². The number of aliphatic imine (C=N–C) groups is 1. The summed E-state index contributed by atoms with van der Waals surface area (Å²) in [6.07, 6.45) is 2.91. The normalized spacial score (nSPS) is 12.2. The minimum absolute atomic E-state index is 0.0501. The van der Waals surface area contributed by atoms with E-state index in [0.29, 0.717) is 12.3 Å². The van der Waals surface area contributed by atoms with Gasteiger partial charge in [-0.3, -0.25) is 0 Å². The van der Waals surface area contributed by atoms with Crippen molar-refractivity contribution in [3.8, 4) is 27.9 Å². The highest BCUT2D eigenvalue weighted by atomic mass is 15.1. The molecule has 4 nitrogen and oxygen atoms in total. The van der Waals surface area contributed by atoms with E-state index in [0.717, 1.165) is 45.0 Å². The van der Waals surface area contributed by atoms with Gasteiger partial charge in [0.15, 0.2) is 0 Å². The summed E-state index contributed by atoms with van der Waals surface area (Å²) in [5, 5.41) is 2.53. The van der Waals surface area contributed by atoms with Crippen LogP contribution in [0.4, 0.5) is 11.4 Å². The number of aromatic nitrogens is 1. The number of anilines is 2. The molecule has 2 N–H and O–H groups in total. The highest BCUT2D eigenvalue weighted by Gasteiger charge is 2.20. The number of benzene rings is 9. The number of hydrogen-bond donors (Lipinski definition) is 1. The number of amidine groups is 1. The molecule has 0 saturated heterocycles. The lowest BCUT2D eigenvalue weighted by molar-refractivity contribution is 0.590. The molecule has 0 fully saturated rings. The van der Waals surface area contributed by atoms with E-state index in [1.54, 1.807) is 0 Å². The van der Waals surface area contributed by atoms with Crippen LogP contribution in [0, 0.1) is 0 Å². The van der Waals surface area contributed by atoms with Gasteiger partial charge in [0.25, 0.3) is 0 Å². The summed E-state index contributed by atoms with van der Waals surface area (Å²) in [5.41, 5.74) is 23.9. The topological polar surface area (TPSA) is 46.5 Å². The molecule has 0 radical (unpaired) electrons. The number of nitrogens with two attached hydrogens (primary N) is 1. The highest BCUT2D eigenvalue weighted by Crippen LogP contribution is 2.38. The Labute approximate surface area is 421 Å². The van der Waals surface area contributed by atoms with Crippen LogP contribution in [0.5, 0.6) is 0 Å². The lowest BCUT2D eigenvalue weighted by Crippen LogP contribution is -2.16. The van der Waals surface area contributed by atoms with Gasteiger partial charge in [0.1, 0.15) is 5.84 Å². The molecule has 0 unspecified atom stereocenters. The van der Waals surface area contributed by atoms with E-state index in [1.807, 2.05) is 42.5 Å². The number of hydrogen-bond acceptors (Lipinski definition) is 2. The average molecular weight is 925 g/mol. The van der Waals surface area contributed by atoms with E-state index in [2.05, 4.69) is 252 Å². The molecule has 4 heteroatoms. The number of nitrogens with zero attached hydrogens (tertiary/aromatic N) is 3. The number of rotatable bonds is 10. The van der Waals surface area contributed by atoms with Crippen LogP contribution in [0.25, 0.3) is 55.4 Å². The largest absolute Gasteiger partial charge is 0.383 e. The van der Waals surface area contributed by atoms with Crippen molar-refractivity contribution in [2.24, 2.45) is 10.7 Å². The molecule has 0 aliphatic rings. The van der Waals surface area contributed by atoms with Crippen molar-refractivity contribution in [3.63, 3.8) is 0 Å². The maximum absolute atomic E-state index is 7.02. The molecule has 10 rings (SSSR count). The predicted molar refractivity (Wildman–Crippen MR) is 305 cm³/mol. The van der Waals surface area contributed by atoms with Crippen LogP contribution >= 0.6 is 0 Å². The van der Waals surface area contributed by atoms with Gasteiger partial charge in [-0.1, -0.05) is 224 Å². The maximum Gasteiger partial charge on any atom is 0.131 e. The molecule has 0 bridgehead atoms. The molecule has 1 heterocycles. The third-order valence-electron chi connectivity index (χ3n) is 13.3. The highest BCUT2D eigenvalue weighted by molar-refractivity contribution is 6.09. The van der Waals surface area contributed by atoms with Crippen LogP contribution in [0.1, 0.15) is 69.4 Å². The van der Waals surface area contributed by atoms with Crippen molar-refractivity contribution >= 4 is 44.7 Å². The van der Waals surface area contributed by atoms with Gasteiger partial charge in [0.05, 0.1) is 16.7 Å². The van der Waals surface area contributed by atoms with Crippen molar-refractivity contribution in [3.05, 3.63) is 264 Å². The Morgan fingerprint density at radius 1 is 0.493 bits per heavy atom. The zero-order chi connectivity index (χ0) is 49.5. The Morgan fingerprint density at radius 2 is 1.07 bits per heavy atom. The zero-order valence-corrected chi connectivity index (χ0v) is 42.1.